The van der Waals surface area contributed by atoms with Crippen LogP contribution in [0.25, 0.3) is 0 Å². The molecule has 1 aromatic rings. The molecule has 1 N–H and O–H groups in total. The van der Waals surface area contributed by atoms with Gasteiger partial charge in [-0.25, -0.2) is 0 Å². The molecule has 0 heterocycles. The van der Waals surface area contributed by atoms with Crippen LogP contribution in [0, 0.1) is 5.92 Å². The van der Waals surface area contributed by atoms with Gasteiger partial charge in [-0.2, -0.15) is 0 Å². The molecule has 0 aromatic heterocycles. The Labute approximate surface area is 164 Å². The lowest BCUT2D eigenvalue weighted by Gasteiger charge is -2.25. The van der Waals surface area contributed by atoms with Gasteiger partial charge in [-0.05, 0) is 58.0 Å². The van der Waals surface area contributed by atoms with E-state index in [1.165, 1.54) is 12.8 Å². The Morgan fingerprint density at radius 1 is 1.22 bits per heavy atom. The van der Waals surface area contributed by atoms with Crippen LogP contribution in [0.1, 0.15) is 68.8 Å². The van der Waals surface area contributed by atoms with Crippen molar-refractivity contribution in [1.82, 2.24) is 4.90 Å². The highest BCUT2D eigenvalue weighted by molar-refractivity contribution is 6.11. The van der Waals surface area contributed by atoms with E-state index in [0.29, 0.717) is 0 Å². The van der Waals surface area contributed by atoms with Crippen molar-refractivity contribution in [1.29, 1.82) is 0 Å². The molecule has 27 heavy (non-hydrogen) atoms. The SMILES string of the molecule is C=CNc1c(C(=O)C2CCC2)cccc1C(C)=NCCN(CCC)CCC. The van der Waals surface area contributed by atoms with Gasteiger partial charge in [0.25, 0.3) is 0 Å². The quantitative estimate of drug-likeness (QED) is 0.409. The largest absolute Gasteiger partial charge is 0.361 e. The minimum atomic E-state index is 0.180. The number of nitrogens with zero attached hydrogens (tertiary/aromatic N) is 2. The van der Waals surface area contributed by atoms with Crippen molar-refractivity contribution in [3.05, 3.63) is 42.1 Å². The lowest BCUT2D eigenvalue weighted by Crippen LogP contribution is -2.28. The summed E-state index contributed by atoms with van der Waals surface area (Å²) < 4.78 is 0. The number of nitrogens with one attached hydrogen (secondary N) is 1. The van der Waals surface area contributed by atoms with Gasteiger partial charge >= 0.3 is 0 Å². The summed E-state index contributed by atoms with van der Waals surface area (Å²) in [5.41, 5.74) is 3.59. The third kappa shape index (κ3) is 5.77. The fourth-order valence-electron chi connectivity index (χ4n) is 3.62. The Hall–Kier alpha value is -1.94. The number of benzene rings is 1. The van der Waals surface area contributed by atoms with E-state index in [9.17, 15) is 4.79 Å². The highest BCUT2D eigenvalue weighted by atomic mass is 16.1. The summed E-state index contributed by atoms with van der Waals surface area (Å²) in [6.45, 7) is 14.3. The van der Waals surface area contributed by atoms with E-state index in [1.54, 1.807) is 6.20 Å². The van der Waals surface area contributed by atoms with E-state index in [2.05, 4.69) is 30.6 Å². The molecule has 0 aliphatic heterocycles. The standard InChI is InChI=1S/C23H35N3O/c1-5-15-26(16-6-2)17-14-25-18(4)20-12-9-13-21(22(20)24-7-3)23(27)19-10-8-11-19/h7,9,12-13,19,24H,3,5-6,8,10-11,14-17H2,1-2,4H3. The number of rotatable bonds is 12. The van der Waals surface area contributed by atoms with Gasteiger partial charge in [-0.15, -0.1) is 0 Å². The van der Waals surface area contributed by atoms with Crippen molar-refractivity contribution in [2.45, 2.75) is 52.9 Å². The van der Waals surface area contributed by atoms with E-state index < -0.39 is 0 Å². The van der Waals surface area contributed by atoms with Crippen molar-refractivity contribution < 1.29 is 4.79 Å². The monoisotopic (exact) mass is 369 g/mol. The molecule has 0 amide bonds. The van der Waals surface area contributed by atoms with Crippen LogP contribution in [0.15, 0.2) is 36.0 Å². The molecule has 1 aromatic carbocycles. The number of para-hydroxylation sites is 1. The van der Waals surface area contributed by atoms with Crippen LogP contribution < -0.4 is 5.32 Å². The Morgan fingerprint density at radius 3 is 2.44 bits per heavy atom. The fraction of sp³-hybridized carbons (Fsp3) is 0.565. The molecule has 1 aliphatic rings. The summed E-state index contributed by atoms with van der Waals surface area (Å²) >= 11 is 0. The Bertz CT molecular complexity index is 656. The molecule has 4 heteroatoms. The van der Waals surface area contributed by atoms with Gasteiger partial charge in [0, 0.05) is 29.3 Å². The predicted molar refractivity (Wildman–Crippen MR) is 116 cm³/mol. The highest BCUT2D eigenvalue weighted by Crippen LogP contribution is 2.33. The van der Waals surface area contributed by atoms with Crippen LogP contribution in [0.5, 0.6) is 0 Å². The van der Waals surface area contributed by atoms with Crippen molar-refractivity contribution in [3.8, 4) is 0 Å². The number of aliphatic imine (C=N–C) groups is 1. The second kappa shape index (κ2) is 11.0. The number of ketones is 1. The lowest BCUT2D eigenvalue weighted by atomic mass is 9.79. The summed E-state index contributed by atoms with van der Waals surface area (Å²) in [6.07, 6.45) is 7.16. The predicted octanol–water partition coefficient (Wildman–Crippen LogP) is 5.16. The van der Waals surface area contributed by atoms with Gasteiger partial charge in [0.2, 0.25) is 0 Å². The van der Waals surface area contributed by atoms with E-state index in [-0.39, 0.29) is 11.7 Å². The second-order valence-electron chi connectivity index (χ2n) is 7.38. The zero-order valence-electron chi connectivity index (χ0n) is 17.3. The Balaban J connectivity index is 2.17. The first-order chi connectivity index (χ1) is 13.1. The van der Waals surface area contributed by atoms with Crippen LogP contribution in [-0.4, -0.2) is 42.6 Å². The molecular formula is C23H35N3O. The summed E-state index contributed by atoms with van der Waals surface area (Å²) in [5.74, 6) is 0.428. The van der Waals surface area contributed by atoms with E-state index in [0.717, 1.165) is 68.0 Å². The third-order valence-corrected chi connectivity index (χ3v) is 5.29. The molecule has 1 fully saturated rings. The summed E-state index contributed by atoms with van der Waals surface area (Å²) in [7, 11) is 0. The maximum atomic E-state index is 12.8. The summed E-state index contributed by atoms with van der Waals surface area (Å²) in [5, 5.41) is 3.20. The molecule has 0 saturated heterocycles. The molecule has 0 atom stereocenters. The number of carbonyl (C=O) groups excluding carboxylic acids is 1. The minimum Gasteiger partial charge on any atom is -0.361 e. The number of anilines is 1. The van der Waals surface area contributed by atoms with Gasteiger partial charge in [0.05, 0.1) is 12.2 Å². The number of hydrogen-bond donors (Lipinski definition) is 1. The highest BCUT2D eigenvalue weighted by Gasteiger charge is 2.28. The number of Topliss-reactive ketones (excluding diaryl/α,β-unsaturated/α-hetero) is 1. The maximum absolute atomic E-state index is 12.8. The van der Waals surface area contributed by atoms with Crippen LogP contribution in [0.4, 0.5) is 5.69 Å². The summed E-state index contributed by atoms with van der Waals surface area (Å²) in [4.78, 5) is 20.1. The molecule has 4 nitrogen and oxygen atoms in total. The first kappa shape index (κ1) is 21.4. The maximum Gasteiger partial charge on any atom is 0.168 e. The molecule has 1 aliphatic carbocycles. The average molecular weight is 370 g/mol. The smallest absolute Gasteiger partial charge is 0.168 e. The molecule has 0 bridgehead atoms. The van der Waals surface area contributed by atoms with E-state index in [1.807, 2.05) is 25.1 Å². The lowest BCUT2D eigenvalue weighted by molar-refractivity contribution is 0.0856. The van der Waals surface area contributed by atoms with Gasteiger partial charge < -0.3 is 10.2 Å². The van der Waals surface area contributed by atoms with Crippen LogP contribution in [-0.2, 0) is 0 Å². The summed E-state index contributed by atoms with van der Waals surface area (Å²) in [6, 6.07) is 5.93. The van der Waals surface area contributed by atoms with Gasteiger partial charge in [0.1, 0.15) is 0 Å². The van der Waals surface area contributed by atoms with Crippen LogP contribution in [0.3, 0.4) is 0 Å². The second-order valence-corrected chi connectivity index (χ2v) is 7.38. The normalized spacial score (nSPS) is 14.9. The molecule has 0 unspecified atom stereocenters. The average Bonchev–Trinajstić information content (AvgIpc) is 2.61. The van der Waals surface area contributed by atoms with E-state index >= 15 is 0 Å². The number of hydrogen-bond acceptors (Lipinski definition) is 4. The molecular weight excluding hydrogens is 334 g/mol. The molecule has 1 saturated carbocycles. The van der Waals surface area contributed by atoms with Crippen molar-refractivity contribution in [3.63, 3.8) is 0 Å². The van der Waals surface area contributed by atoms with Crippen molar-refractivity contribution in [2.75, 3.05) is 31.5 Å². The van der Waals surface area contributed by atoms with E-state index in [4.69, 9.17) is 4.99 Å². The van der Waals surface area contributed by atoms with Crippen LogP contribution >= 0.6 is 0 Å². The van der Waals surface area contributed by atoms with Crippen molar-refractivity contribution in [2.24, 2.45) is 10.9 Å². The first-order valence-electron chi connectivity index (χ1n) is 10.4. The fourth-order valence-corrected chi connectivity index (χ4v) is 3.62. The Kier molecular flexibility index (Phi) is 8.73. The third-order valence-electron chi connectivity index (χ3n) is 5.29. The molecule has 0 radical (unpaired) electrons. The molecule has 148 valence electrons. The zero-order valence-corrected chi connectivity index (χ0v) is 17.3. The zero-order chi connectivity index (χ0) is 19.6. The van der Waals surface area contributed by atoms with Gasteiger partial charge in [0.15, 0.2) is 5.78 Å². The van der Waals surface area contributed by atoms with Gasteiger partial charge in [-0.1, -0.05) is 39.0 Å². The van der Waals surface area contributed by atoms with Crippen molar-refractivity contribution >= 4 is 17.2 Å². The molecule has 2 rings (SSSR count). The van der Waals surface area contributed by atoms with Crippen LogP contribution in [0.2, 0.25) is 0 Å². The minimum absolute atomic E-state index is 0.180. The van der Waals surface area contributed by atoms with Gasteiger partial charge in [-0.3, -0.25) is 9.79 Å². The first-order valence-corrected chi connectivity index (χ1v) is 10.4. The number of carbonyl (C=O) groups is 1. The molecule has 0 spiro atoms. The Morgan fingerprint density at radius 2 is 1.89 bits per heavy atom. The topological polar surface area (TPSA) is 44.7 Å².